The number of hydrogen-bond acceptors (Lipinski definition) is 5. The molecule has 1 N–H and O–H groups in total. The summed E-state index contributed by atoms with van der Waals surface area (Å²) in [7, 11) is -3.71. The van der Waals surface area contributed by atoms with Crippen molar-refractivity contribution in [1.29, 1.82) is 0 Å². The molecule has 6 heteroatoms. The third-order valence-electron chi connectivity index (χ3n) is 3.80. The standard InChI is InChI=1S/C15H14O5S/c1-9-7-11-13(12(8-16)20-15(11)17)14(9)21(18,19)10-5-3-2-4-6-10/h2-6,12,14,16H,1,7-8H2/t12-,14+/m1/s1. The van der Waals surface area contributed by atoms with E-state index in [0.29, 0.717) is 16.7 Å². The summed E-state index contributed by atoms with van der Waals surface area (Å²) in [6, 6.07) is 8.02. The summed E-state index contributed by atoms with van der Waals surface area (Å²) >= 11 is 0. The monoisotopic (exact) mass is 306 g/mol. The number of rotatable bonds is 3. The van der Waals surface area contributed by atoms with Crippen LogP contribution in [0.4, 0.5) is 0 Å². The number of esters is 1. The molecule has 0 saturated carbocycles. The van der Waals surface area contributed by atoms with Crippen molar-refractivity contribution in [1.82, 2.24) is 0 Å². The fourth-order valence-corrected chi connectivity index (χ4v) is 4.84. The van der Waals surface area contributed by atoms with Crippen LogP contribution in [0, 0.1) is 0 Å². The van der Waals surface area contributed by atoms with Crippen LogP contribution >= 0.6 is 0 Å². The minimum absolute atomic E-state index is 0.168. The lowest BCUT2D eigenvalue weighted by atomic mass is 10.1. The summed E-state index contributed by atoms with van der Waals surface area (Å²) in [5, 5.41) is 8.33. The van der Waals surface area contributed by atoms with Gasteiger partial charge in [-0.05, 0) is 12.1 Å². The number of cyclic esters (lactones) is 1. The van der Waals surface area contributed by atoms with Crippen LogP contribution in [0.2, 0.25) is 0 Å². The first-order chi connectivity index (χ1) is 9.96. The Morgan fingerprint density at radius 2 is 1.95 bits per heavy atom. The van der Waals surface area contributed by atoms with Crippen LogP contribution in [-0.2, 0) is 19.4 Å². The molecule has 0 unspecified atom stereocenters. The van der Waals surface area contributed by atoms with Crippen LogP contribution in [0.25, 0.3) is 0 Å². The van der Waals surface area contributed by atoms with Gasteiger partial charge in [-0.15, -0.1) is 0 Å². The molecular formula is C15H14O5S. The average molecular weight is 306 g/mol. The Labute approximate surface area is 122 Å². The summed E-state index contributed by atoms with van der Waals surface area (Å²) in [5.41, 5.74) is 1.11. The molecule has 3 rings (SSSR count). The molecule has 0 amide bonds. The van der Waals surface area contributed by atoms with Gasteiger partial charge in [0.15, 0.2) is 9.84 Å². The predicted octanol–water partition coefficient (Wildman–Crippen LogP) is 1.00. The Balaban J connectivity index is 2.12. The minimum atomic E-state index is -3.71. The zero-order valence-corrected chi connectivity index (χ0v) is 12.0. The zero-order chi connectivity index (χ0) is 15.2. The van der Waals surface area contributed by atoms with E-state index in [2.05, 4.69) is 6.58 Å². The van der Waals surface area contributed by atoms with Crippen molar-refractivity contribution >= 4 is 15.8 Å². The molecule has 2 atom stereocenters. The molecule has 1 aliphatic carbocycles. The molecule has 0 fully saturated rings. The molecular weight excluding hydrogens is 292 g/mol. The molecule has 1 aliphatic heterocycles. The van der Waals surface area contributed by atoms with Gasteiger partial charge < -0.3 is 9.84 Å². The van der Waals surface area contributed by atoms with Crippen LogP contribution in [0.5, 0.6) is 0 Å². The van der Waals surface area contributed by atoms with Gasteiger partial charge in [-0.25, -0.2) is 13.2 Å². The minimum Gasteiger partial charge on any atom is -0.452 e. The van der Waals surface area contributed by atoms with Crippen molar-refractivity contribution in [3.05, 3.63) is 53.6 Å². The number of sulfone groups is 1. The van der Waals surface area contributed by atoms with Crippen molar-refractivity contribution in [3.63, 3.8) is 0 Å². The van der Waals surface area contributed by atoms with E-state index in [1.807, 2.05) is 0 Å². The lowest BCUT2D eigenvalue weighted by Gasteiger charge is -2.20. The number of carbonyl (C=O) groups is 1. The average Bonchev–Trinajstić information content (AvgIpc) is 2.97. The van der Waals surface area contributed by atoms with Gasteiger partial charge >= 0.3 is 5.97 Å². The first-order valence-corrected chi connectivity index (χ1v) is 8.03. The number of hydrogen-bond donors (Lipinski definition) is 1. The van der Waals surface area contributed by atoms with Gasteiger partial charge in [0.1, 0.15) is 11.4 Å². The maximum Gasteiger partial charge on any atom is 0.335 e. The molecule has 0 spiro atoms. The Hall–Kier alpha value is -1.92. The van der Waals surface area contributed by atoms with E-state index in [1.165, 1.54) is 12.1 Å². The van der Waals surface area contributed by atoms with Crippen molar-refractivity contribution in [2.24, 2.45) is 0 Å². The lowest BCUT2D eigenvalue weighted by Crippen LogP contribution is -2.30. The molecule has 0 aromatic heterocycles. The van der Waals surface area contributed by atoms with Crippen molar-refractivity contribution < 1.29 is 23.1 Å². The van der Waals surface area contributed by atoms with E-state index in [1.54, 1.807) is 18.2 Å². The number of benzene rings is 1. The van der Waals surface area contributed by atoms with Crippen LogP contribution < -0.4 is 0 Å². The number of carbonyl (C=O) groups excluding carboxylic acids is 1. The van der Waals surface area contributed by atoms with Crippen LogP contribution in [0.3, 0.4) is 0 Å². The van der Waals surface area contributed by atoms with Crippen LogP contribution in [-0.4, -0.2) is 37.5 Å². The van der Waals surface area contributed by atoms with Gasteiger partial charge in [0, 0.05) is 17.6 Å². The van der Waals surface area contributed by atoms with Crippen molar-refractivity contribution in [3.8, 4) is 0 Å². The first kappa shape index (κ1) is 14.0. The third kappa shape index (κ3) is 2.02. The SMILES string of the molecule is C=C1CC2=C([C@H]1S(=O)(=O)c1ccccc1)[C@@H](CO)OC2=O. The summed E-state index contributed by atoms with van der Waals surface area (Å²) in [5.74, 6) is -0.559. The highest BCUT2D eigenvalue weighted by Crippen LogP contribution is 2.43. The Morgan fingerprint density at radius 1 is 1.29 bits per heavy atom. The van der Waals surface area contributed by atoms with E-state index < -0.39 is 33.8 Å². The lowest BCUT2D eigenvalue weighted by molar-refractivity contribution is -0.141. The fourth-order valence-electron chi connectivity index (χ4n) is 2.89. The highest BCUT2D eigenvalue weighted by Gasteiger charge is 2.49. The van der Waals surface area contributed by atoms with E-state index in [0.717, 1.165) is 0 Å². The van der Waals surface area contributed by atoms with Crippen LogP contribution in [0.1, 0.15) is 6.42 Å². The molecule has 21 heavy (non-hydrogen) atoms. The highest BCUT2D eigenvalue weighted by molar-refractivity contribution is 7.92. The molecule has 5 nitrogen and oxygen atoms in total. The van der Waals surface area contributed by atoms with E-state index >= 15 is 0 Å². The van der Waals surface area contributed by atoms with E-state index in [-0.39, 0.29) is 11.3 Å². The summed E-state index contributed by atoms with van der Waals surface area (Å²) < 4.78 is 30.6. The molecule has 1 aromatic carbocycles. The Morgan fingerprint density at radius 3 is 2.57 bits per heavy atom. The molecule has 1 heterocycles. The summed E-state index contributed by atoms with van der Waals surface area (Å²) in [6.07, 6.45) is -0.711. The Bertz CT molecular complexity index is 746. The van der Waals surface area contributed by atoms with Crippen molar-refractivity contribution in [2.45, 2.75) is 22.7 Å². The van der Waals surface area contributed by atoms with Crippen LogP contribution in [0.15, 0.2) is 58.5 Å². The first-order valence-electron chi connectivity index (χ1n) is 6.48. The molecule has 0 radical (unpaired) electrons. The fraction of sp³-hybridized carbons (Fsp3) is 0.267. The van der Waals surface area contributed by atoms with E-state index in [9.17, 15) is 18.3 Å². The Kier molecular flexibility index (Phi) is 3.22. The smallest absolute Gasteiger partial charge is 0.335 e. The van der Waals surface area contributed by atoms with Gasteiger partial charge in [0.05, 0.1) is 11.5 Å². The maximum absolute atomic E-state index is 12.8. The second kappa shape index (κ2) is 4.82. The predicted molar refractivity (Wildman–Crippen MR) is 75.2 cm³/mol. The summed E-state index contributed by atoms with van der Waals surface area (Å²) in [6.45, 7) is 3.37. The zero-order valence-electron chi connectivity index (χ0n) is 11.2. The third-order valence-corrected chi connectivity index (χ3v) is 5.93. The van der Waals surface area contributed by atoms with Gasteiger partial charge in [-0.1, -0.05) is 30.4 Å². The van der Waals surface area contributed by atoms with E-state index in [4.69, 9.17) is 4.74 Å². The molecule has 0 saturated heterocycles. The van der Waals surface area contributed by atoms with Gasteiger partial charge in [-0.3, -0.25) is 0 Å². The van der Waals surface area contributed by atoms with Gasteiger partial charge in [0.25, 0.3) is 0 Å². The molecule has 1 aromatic rings. The van der Waals surface area contributed by atoms with Gasteiger partial charge in [-0.2, -0.15) is 0 Å². The second-order valence-corrected chi connectivity index (χ2v) is 7.12. The molecule has 2 aliphatic rings. The topological polar surface area (TPSA) is 80.7 Å². The number of ether oxygens (including phenoxy) is 1. The molecule has 110 valence electrons. The number of aliphatic hydroxyl groups excluding tert-OH is 1. The number of aliphatic hydroxyl groups is 1. The largest absolute Gasteiger partial charge is 0.452 e. The maximum atomic E-state index is 12.8. The second-order valence-electron chi connectivity index (χ2n) is 5.08. The summed E-state index contributed by atoms with van der Waals surface area (Å²) in [4.78, 5) is 11.9. The molecule has 0 bridgehead atoms. The normalized spacial score (nSPS) is 25.2. The van der Waals surface area contributed by atoms with Gasteiger partial charge in [0.2, 0.25) is 0 Å². The highest BCUT2D eigenvalue weighted by atomic mass is 32.2. The quantitative estimate of drug-likeness (QED) is 0.665. The van der Waals surface area contributed by atoms with Crippen molar-refractivity contribution in [2.75, 3.05) is 6.61 Å².